The first kappa shape index (κ1) is 24.7. The summed E-state index contributed by atoms with van der Waals surface area (Å²) in [4.78, 5) is 14.6. The zero-order valence-electron chi connectivity index (χ0n) is 22.9. The van der Waals surface area contributed by atoms with Crippen molar-refractivity contribution in [3.8, 4) is 34.2 Å². The van der Waals surface area contributed by atoms with E-state index in [1.807, 2.05) is 84.9 Å². The Balaban J connectivity index is 1.38. The van der Waals surface area contributed by atoms with Crippen molar-refractivity contribution in [3.05, 3.63) is 97.1 Å². The van der Waals surface area contributed by atoms with Crippen molar-refractivity contribution in [3.63, 3.8) is 0 Å². The SMILES string of the molecule is CC1(C)OB(c2ccc3oc4c(-c5nc(-c6ccccc6)nc(-c6ccccc6)n5)cccc4c3c2)OC1(C)C. The molecule has 196 valence electrons. The molecule has 2 aromatic heterocycles. The van der Waals surface area contributed by atoms with Gasteiger partial charge in [0.05, 0.1) is 16.8 Å². The minimum Gasteiger partial charge on any atom is -0.455 e. The molecule has 7 heteroatoms. The van der Waals surface area contributed by atoms with Crippen molar-refractivity contribution in [1.82, 2.24) is 15.0 Å². The smallest absolute Gasteiger partial charge is 0.455 e. The van der Waals surface area contributed by atoms with Gasteiger partial charge in [-0.15, -0.1) is 0 Å². The van der Waals surface area contributed by atoms with Crippen LogP contribution in [0.15, 0.2) is 101 Å². The Labute approximate surface area is 233 Å². The minimum absolute atomic E-state index is 0.413. The third kappa shape index (κ3) is 4.10. The average molecular weight is 525 g/mol. The van der Waals surface area contributed by atoms with E-state index in [1.54, 1.807) is 0 Å². The lowest BCUT2D eigenvalue weighted by atomic mass is 9.78. The summed E-state index contributed by atoms with van der Waals surface area (Å²) in [6.45, 7) is 8.25. The normalized spacial score (nSPS) is 16.1. The fourth-order valence-electron chi connectivity index (χ4n) is 5.05. The Hall–Kier alpha value is -4.33. The largest absolute Gasteiger partial charge is 0.494 e. The minimum atomic E-state index is -0.451. The second-order valence-electron chi connectivity index (χ2n) is 11.2. The van der Waals surface area contributed by atoms with E-state index in [0.29, 0.717) is 17.5 Å². The zero-order chi connectivity index (χ0) is 27.5. The molecule has 0 unspecified atom stereocenters. The lowest BCUT2D eigenvalue weighted by Gasteiger charge is -2.32. The summed E-state index contributed by atoms with van der Waals surface area (Å²) in [5.74, 6) is 1.78. The molecule has 4 aromatic carbocycles. The Bertz CT molecular complexity index is 1790. The van der Waals surface area contributed by atoms with Crippen LogP contribution in [0.4, 0.5) is 0 Å². The van der Waals surface area contributed by atoms with Gasteiger partial charge in [0, 0.05) is 21.9 Å². The number of nitrogens with zero attached hydrogens (tertiary/aromatic N) is 3. The fourth-order valence-corrected chi connectivity index (χ4v) is 5.05. The van der Waals surface area contributed by atoms with Gasteiger partial charge in [0.25, 0.3) is 0 Å². The number of rotatable bonds is 4. The predicted octanol–water partition coefficient (Wildman–Crippen LogP) is 7.07. The Kier molecular flexibility index (Phi) is 5.63. The van der Waals surface area contributed by atoms with Gasteiger partial charge in [-0.25, -0.2) is 15.0 Å². The molecule has 6 aromatic rings. The molecule has 0 N–H and O–H groups in total. The van der Waals surface area contributed by atoms with Crippen LogP contribution < -0.4 is 5.46 Å². The summed E-state index contributed by atoms with van der Waals surface area (Å²) in [6, 6.07) is 32.1. The number of furan rings is 1. The third-order valence-corrected chi connectivity index (χ3v) is 7.99. The Morgan fingerprint density at radius 2 is 1.15 bits per heavy atom. The number of hydrogen-bond acceptors (Lipinski definition) is 6. The molecule has 1 saturated heterocycles. The summed E-state index contributed by atoms with van der Waals surface area (Å²) >= 11 is 0. The molecule has 1 aliphatic heterocycles. The van der Waals surface area contributed by atoms with Crippen molar-refractivity contribution in [1.29, 1.82) is 0 Å². The van der Waals surface area contributed by atoms with E-state index in [9.17, 15) is 0 Å². The van der Waals surface area contributed by atoms with Crippen LogP contribution in [0, 0.1) is 0 Å². The van der Waals surface area contributed by atoms with Gasteiger partial charge in [0.15, 0.2) is 17.5 Å². The van der Waals surface area contributed by atoms with Gasteiger partial charge in [-0.2, -0.15) is 0 Å². The number of benzene rings is 4. The topological polar surface area (TPSA) is 70.3 Å². The lowest BCUT2D eigenvalue weighted by molar-refractivity contribution is 0.00578. The van der Waals surface area contributed by atoms with Crippen molar-refractivity contribution in [2.45, 2.75) is 38.9 Å². The summed E-state index contributed by atoms with van der Waals surface area (Å²) in [5.41, 5.74) is 4.29. The summed E-state index contributed by atoms with van der Waals surface area (Å²) in [5, 5.41) is 1.97. The van der Waals surface area contributed by atoms with Crippen LogP contribution in [0.5, 0.6) is 0 Å². The van der Waals surface area contributed by atoms with Crippen LogP contribution >= 0.6 is 0 Å². The molecule has 1 fully saturated rings. The van der Waals surface area contributed by atoms with Gasteiger partial charge in [-0.3, -0.25) is 0 Å². The van der Waals surface area contributed by atoms with E-state index in [4.69, 9.17) is 28.7 Å². The number of aromatic nitrogens is 3. The second-order valence-corrected chi connectivity index (χ2v) is 11.2. The number of fused-ring (bicyclic) bond motifs is 3. The standard InChI is InChI=1S/C33H28BN3O3/c1-32(2)33(3,4)40-34(39-32)23-18-19-27-26(20-23)24-16-11-17-25(28(24)38-27)31-36-29(21-12-7-5-8-13-21)35-30(37-31)22-14-9-6-10-15-22/h5-20H,1-4H3. The van der Waals surface area contributed by atoms with Gasteiger partial charge in [0.2, 0.25) is 0 Å². The van der Waals surface area contributed by atoms with E-state index in [-0.39, 0.29) is 0 Å². The molecule has 1 aliphatic rings. The van der Waals surface area contributed by atoms with Crippen LogP contribution in [0.3, 0.4) is 0 Å². The van der Waals surface area contributed by atoms with E-state index in [0.717, 1.165) is 44.1 Å². The fraction of sp³-hybridized carbons (Fsp3) is 0.182. The van der Waals surface area contributed by atoms with E-state index < -0.39 is 18.3 Å². The maximum atomic E-state index is 6.45. The lowest BCUT2D eigenvalue weighted by Crippen LogP contribution is -2.41. The quantitative estimate of drug-likeness (QED) is 0.229. The molecule has 0 spiro atoms. The molecular formula is C33H28BN3O3. The maximum Gasteiger partial charge on any atom is 0.494 e. The highest BCUT2D eigenvalue weighted by Crippen LogP contribution is 2.38. The highest BCUT2D eigenvalue weighted by Gasteiger charge is 2.51. The summed E-state index contributed by atoms with van der Waals surface area (Å²) in [6.07, 6.45) is 0. The molecule has 0 bridgehead atoms. The van der Waals surface area contributed by atoms with Crippen LogP contribution in [0.2, 0.25) is 0 Å². The molecule has 0 radical (unpaired) electrons. The molecule has 0 atom stereocenters. The Morgan fingerprint density at radius 1 is 0.575 bits per heavy atom. The van der Waals surface area contributed by atoms with Gasteiger partial charge in [-0.05, 0) is 45.3 Å². The molecule has 0 aliphatic carbocycles. The van der Waals surface area contributed by atoms with Gasteiger partial charge >= 0.3 is 7.12 Å². The van der Waals surface area contributed by atoms with E-state index in [1.165, 1.54) is 0 Å². The zero-order valence-corrected chi connectivity index (χ0v) is 22.9. The molecule has 40 heavy (non-hydrogen) atoms. The Morgan fingerprint density at radius 3 is 1.75 bits per heavy atom. The van der Waals surface area contributed by atoms with Crippen LogP contribution in [0.25, 0.3) is 56.1 Å². The first-order valence-corrected chi connectivity index (χ1v) is 13.5. The van der Waals surface area contributed by atoms with Crippen LogP contribution in [0.1, 0.15) is 27.7 Å². The van der Waals surface area contributed by atoms with Crippen molar-refractivity contribution in [2.75, 3.05) is 0 Å². The average Bonchev–Trinajstić information content (AvgIpc) is 3.45. The number of para-hydroxylation sites is 1. The maximum absolute atomic E-state index is 6.45. The molecule has 0 amide bonds. The van der Waals surface area contributed by atoms with Crippen LogP contribution in [-0.4, -0.2) is 33.3 Å². The molecule has 7 rings (SSSR count). The van der Waals surface area contributed by atoms with Crippen molar-refractivity contribution >= 4 is 34.5 Å². The second kappa shape index (κ2) is 9.12. The molecule has 0 saturated carbocycles. The summed E-state index contributed by atoms with van der Waals surface area (Å²) < 4.78 is 19.1. The van der Waals surface area contributed by atoms with Gasteiger partial charge in [-0.1, -0.05) is 84.9 Å². The van der Waals surface area contributed by atoms with Crippen molar-refractivity contribution in [2.24, 2.45) is 0 Å². The third-order valence-electron chi connectivity index (χ3n) is 7.99. The molecular weight excluding hydrogens is 497 g/mol. The first-order valence-electron chi connectivity index (χ1n) is 13.5. The summed E-state index contributed by atoms with van der Waals surface area (Å²) in [7, 11) is -0.451. The monoisotopic (exact) mass is 525 g/mol. The van der Waals surface area contributed by atoms with E-state index >= 15 is 0 Å². The molecule has 6 nitrogen and oxygen atoms in total. The first-order chi connectivity index (χ1) is 19.3. The highest BCUT2D eigenvalue weighted by atomic mass is 16.7. The van der Waals surface area contributed by atoms with Gasteiger partial charge in [0.1, 0.15) is 11.2 Å². The number of hydrogen-bond donors (Lipinski definition) is 0. The van der Waals surface area contributed by atoms with Gasteiger partial charge < -0.3 is 13.7 Å². The highest BCUT2D eigenvalue weighted by molar-refractivity contribution is 6.62. The van der Waals surface area contributed by atoms with Crippen molar-refractivity contribution < 1.29 is 13.7 Å². The van der Waals surface area contributed by atoms with Crippen LogP contribution in [-0.2, 0) is 9.31 Å². The molecule has 3 heterocycles. The van der Waals surface area contributed by atoms with E-state index in [2.05, 4.69) is 39.8 Å². The predicted molar refractivity (Wildman–Crippen MR) is 159 cm³/mol.